The van der Waals surface area contributed by atoms with Gasteiger partial charge in [-0.15, -0.1) is 0 Å². The normalized spacial score (nSPS) is 14.6. The maximum absolute atomic E-state index is 12.0. The van der Waals surface area contributed by atoms with Gasteiger partial charge in [0.05, 0.1) is 0 Å². The summed E-state index contributed by atoms with van der Waals surface area (Å²) in [6, 6.07) is -1.85. The smallest absolute Gasteiger partial charge is 0.409 e. The Morgan fingerprint density at radius 3 is 1.65 bits per heavy atom. The second kappa shape index (κ2) is 4.80. The molecule has 0 radical (unpaired) electrons. The fourth-order valence-corrected chi connectivity index (χ4v) is 0.841. The van der Waals surface area contributed by atoms with Crippen molar-refractivity contribution in [3.63, 3.8) is 0 Å². The van der Waals surface area contributed by atoms with Gasteiger partial charge >= 0.3 is 18.3 Å². The van der Waals surface area contributed by atoms with E-state index in [2.05, 4.69) is 0 Å². The Labute approximate surface area is 90.6 Å². The summed E-state index contributed by atoms with van der Waals surface area (Å²) in [5.41, 5.74) is 0. The fraction of sp³-hybridized carbons (Fsp3) is 0.714. The number of halogens is 6. The van der Waals surface area contributed by atoms with Crippen LogP contribution in [0.2, 0.25) is 0 Å². The number of nitrogens with one attached hydrogen (secondary N) is 1. The average molecular weight is 267 g/mol. The lowest BCUT2D eigenvalue weighted by molar-refractivity contribution is -0.274. The number of carbonyl (C=O) groups is 2. The van der Waals surface area contributed by atoms with Gasteiger partial charge in [-0.3, -0.25) is 9.59 Å². The highest BCUT2D eigenvalue weighted by molar-refractivity contribution is 5.85. The van der Waals surface area contributed by atoms with Crippen LogP contribution < -0.4 is 5.32 Å². The van der Waals surface area contributed by atoms with Crippen LogP contribution in [0.4, 0.5) is 26.3 Å². The van der Waals surface area contributed by atoms with Gasteiger partial charge in [-0.05, 0) is 6.92 Å². The molecule has 0 aliphatic heterocycles. The number of aliphatic carboxylic acids is 1. The summed E-state index contributed by atoms with van der Waals surface area (Å²) in [5, 5.41) is 9.36. The Morgan fingerprint density at radius 1 is 1.06 bits per heavy atom. The molecule has 0 unspecified atom stereocenters. The van der Waals surface area contributed by atoms with Gasteiger partial charge in [0.15, 0.2) is 0 Å². The third-order valence-electron chi connectivity index (χ3n) is 1.65. The van der Waals surface area contributed by atoms with E-state index in [1.54, 1.807) is 0 Å². The van der Waals surface area contributed by atoms with Gasteiger partial charge in [0.2, 0.25) is 11.8 Å². The summed E-state index contributed by atoms with van der Waals surface area (Å²) < 4.78 is 71.9. The van der Waals surface area contributed by atoms with E-state index in [1.165, 1.54) is 0 Å². The minimum Gasteiger partial charge on any atom is -0.480 e. The van der Waals surface area contributed by atoms with E-state index in [4.69, 9.17) is 5.11 Å². The lowest BCUT2D eigenvalue weighted by Gasteiger charge is -2.22. The average Bonchev–Trinajstić information content (AvgIpc) is 1.96. The number of hydrogen-bond donors (Lipinski definition) is 2. The molecule has 0 spiro atoms. The van der Waals surface area contributed by atoms with E-state index in [1.807, 2.05) is 0 Å². The summed E-state index contributed by atoms with van der Waals surface area (Å²) in [6.07, 6.45) is -11.7. The molecule has 2 N–H and O–H groups in total. The van der Waals surface area contributed by atoms with Crippen LogP contribution in [0.15, 0.2) is 0 Å². The molecule has 100 valence electrons. The highest BCUT2D eigenvalue weighted by Gasteiger charge is 2.61. The molecule has 0 aromatic heterocycles. The van der Waals surface area contributed by atoms with Gasteiger partial charge in [-0.2, -0.15) is 26.3 Å². The maximum Gasteiger partial charge on any atom is 0.409 e. The largest absolute Gasteiger partial charge is 0.480 e. The molecule has 17 heavy (non-hydrogen) atoms. The van der Waals surface area contributed by atoms with Gasteiger partial charge < -0.3 is 10.4 Å². The van der Waals surface area contributed by atoms with Crippen LogP contribution in [0, 0.1) is 5.92 Å². The van der Waals surface area contributed by atoms with E-state index in [-0.39, 0.29) is 0 Å². The van der Waals surface area contributed by atoms with Crippen LogP contribution in [0.1, 0.15) is 6.92 Å². The number of amides is 1. The Hall–Kier alpha value is -1.48. The molecule has 0 aliphatic carbocycles. The first-order valence-corrected chi connectivity index (χ1v) is 4.04. The van der Waals surface area contributed by atoms with Crippen molar-refractivity contribution >= 4 is 11.9 Å². The van der Waals surface area contributed by atoms with E-state index in [9.17, 15) is 35.9 Å². The van der Waals surface area contributed by atoms with Gasteiger partial charge in [-0.25, -0.2) is 0 Å². The van der Waals surface area contributed by atoms with Crippen LogP contribution >= 0.6 is 0 Å². The number of hydrogen-bond acceptors (Lipinski definition) is 2. The van der Waals surface area contributed by atoms with E-state index >= 15 is 0 Å². The van der Waals surface area contributed by atoms with Gasteiger partial charge in [0, 0.05) is 0 Å². The van der Waals surface area contributed by atoms with E-state index < -0.39 is 36.2 Å². The van der Waals surface area contributed by atoms with Crippen molar-refractivity contribution in [2.24, 2.45) is 5.92 Å². The number of carbonyl (C=O) groups excluding carboxylic acids is 1. The van der Waals surface area contributed by atoms with Crippen LogP contribution in [0.3, 0.4) is 0 Å². The maximum atomic E-state index is 12.0. The molecule has 4 nitrogen and oxygen atoms in total. The highest BCUT2D eigenvalue weighted by Crippen LogP contribution is 2.39. The lowest BCUT2D eigenvalue weighted by Crippen LogP contribution is -2.51. The van der Waals surface area contributed by atoms with Crippen molar-refractivity contribution in [1.82, 2.24) is 5.32 Å². The van der Waals surface area contributed by atoms with Crippen LogP contribution in [-0.4, -0.2) is 35.4 Å². The number of carboxylic acids is 1. The first-order chi connectivity index (χ1) is 7.37. The first-order valence-electron chi connectivity index (χ1n) is 4.04. The topological polar surface area (TPSA) is 66.4 Å². The van der Waals surface area contributed by atoms with Crippen LogP contribution in [-0.2, 0) is 9.59 Å². The minimum atomic E-state index is -5.83. The molecule has 10 heteroatoms. The van der Waals surface area contributed by atoms with Crippen molar-refractivity contribution in [3.05, 3.63) is 0 Å². The SMILES string of the molecule is C[C@@H](NC(=O)C(C(F)(F)F)C(F)(F)F)C(=O)O. The van der Waals surface area contributed by atoms with Crippen molar-refractivity contribution in [3.8, 4) is 0 Å². The first kappa shape index (κ1) is 15.5. The number of carboxylic acid groups (broad SMARTS) is 1. The highest BCUT2D eigenvalue weighted by atomic mass is 19.4. The quantitative estimate of drug-likeness (QED) is 0.758. The predicted molar refractivity (Wildman–Crippen MR) is 40.8 cm³/mol. The van der Waals surface area contributed by atoms with E-state index in [0.29, 0.717) is 0 Å². The van der Waals surface area contributed by atoms with Crippen molar-refractivity contribution < 1.29 is 41.0 Å². The molecule has 0 saturated carbocycles. The third kappa shape index (κ3) is 4.49. The summed E-state index contributed by atoms with van der Waals surface area (Å²) in [5.74, 6) is -8.43. The summed E-state index contributed by atoms with van der Waals surface area (Å²) in [6.45, 7) is 0.740. The van der Waals surface area contributed by atoms with Gasteiger partial charge in [-0.1, -0.05) is 0 Å². The third-order valence-corrected chi connectivity index (χ3v) is 1.65. The standard InChI is InChI=1S/C7H7F6NO3/c1-2(5(16)17)14-4(15)3(6(8,9)10)7(11,12)13/h2-3H,1H3,(H,14,15)(H,16,17)/t2-/m1/s1. The van der Waals surface area contributed by atoms with Gasteiger partial charge in [0.1, 0.15) is 6.04 Å². The zero-order valence-corrected chi connectivity index (χ0v) is 8.19. The summed E-state index contributed by atoms with van der Waals surface area (Å²) in [4.78, 5) is 20.9. The number of alkyl halides is 6. The molecule has 0 aromatic carbocycles. The molecule has 1 amide bonds. The zero-order valence-electron chi connectivity index (χ0n) is 8.19. The second-order valence-electron chi connectivity index (χ2n) is 3.08. The molecule has 0 saturated heterocycles. The number of rotatable bonds is 3. The van der Waals surface area contributed by atoms with Crippen molar-refractivity contribution in [1.29, 1.82) is 0 Å². The Balaban J connectivity index is 4.98. The molecule has 0 fully saturated rings. The molecule has 1 atom stereocenters. The van der Waals surface area contributed by atoms with Gasteiger partial charge in [0.25, 0.3) is 0 Å². The monoisotopic (exact) mass is 267 g/mol. The Bertz CT molecular complexity index is 296. The van der Waals surface area contributed by atoms with Crippen LogP contribution in [0.5, 0.6) is 0 Å². The molecule has 0 bridgehead atoms. The second-order valence-corrected chi connectivity index (χ2v) is 3.08. The zero-order chi connectivity index (χ0) is 14.0. The molecular formula is C7H7F6NO3. The van der Waals surface area contributed by atoms with Crippen LogP contribution in [0.25, 0.3) is 0 Å². The minimum absolute atomic E-state index is 0.740. The summed E-state index contributed by atoms with van der Waals surface area (Å²) in [7, 11) is 0. The van der Waals surface area contributed by atoms with Crippen molar-refractivity contribution in [2.75, 3.05) is 0 Å². The van der Waals surface area contributed by atoms with Crippen molar-refractivity contribution in [2.45, 2.75) is 25.3 Å². The molecule has 0 aromatic rings. The Kier molecular flexibility index (Phi) is 4.38. The summed E-state index contributed by atoms with van der Waals surface area (Å²) >= 11 is 0. The lowest BCUT2D eigenvalue weighted by atomic mass is 10.1. The molecular weight excluding hydrogens is 260 g/mol. The Morgan fingerprint density at radius 2 is 1.41 bits per heavy atom. The fourth-order valence-electron chi connectivity index (χ4n) is 0.841. The molecule has 0 heterocycles. The van der Waals surface area contributed by atoms with E-state index in [0.717, 1.165) is 12.2 Å². The molecule has 0 aliphatic rings. The predicted octanol–water partition coefficient (Wildman–Crippen LogP) is 1.32. The molecule has 0 rings (SSSR count).